The third-order valence-electron chi connectivity index (χ3n) is 2.78. The standard InChI is InChI=1S/C15H24BrNO2/c1-12(2)6-8-19-14-4-5-15(16)13(10-14)11-17-7-9-18-3/h4-5,10,12,17H,6-9,11H2,1-3H3. The molecule has 0 heterocycles. The van der Waals surface area contributed by atoms with Gasteiger partial charge in [0, 0.05) is 24.7 Å². The molecule has 0 aromatic heterocycles. The molecule has 0 amide bonds. The second-order valence-corrected chi connectivity index (χ2v) is 5.81. The zero-order valence-electron chi connectivity index (χ0n) is 12.0. The lowest BCUT2D eigenvalue weighted by Crippen LogP contribution is -2.18. The Balaban J connectivity index is 2.46. The van der Waals surface area contributed by atoms with Crippen molar-refractivity contribution in [1.29, 1.82) is 0 Å². The largest absolute Gasteiger partial charge is 0.494 e. The van der Waals surface area contributed by atoms with E-state index in [9.17, 15) is 0 Å². The van der Waals surface area contributed by atoms with Crippen LogP contribution < -0.4 is 10.1 Å². The van der Waals surface area contributed by atoms with Crippen LogP contribution in [0.15, 0.2) is 22.7 Å². The summed E-state index contributed by atoms with van der Waals surface area (Å²) >= 11 is 3.56. The third-order valence-corrected chi connectivity index (χ3v) is 3.55. The molecule has 0 saturated carbocycles. The van der Waals surface area contributed by atoms with E-state index in [4.69, 9.17) is 9.47 Å². The van der Waals surface area contributed by atoms with Crippen LogP contribution in [-0.2, 0) is 11.3 Å². The van der Waals surface area contributed by atoms with Crippen molar-refractivity contribution in [1.82, 2.24) is 5.32 Å². The van der Waals surface area contributed by atoms with Crippen LogP contribution in [-0.4, -0.2) is 26.9 Å². The predicted octanol–water partition coefficient (Wildman–Crippen LogP) is 3.61. The highest BCUT2D eigenvalue weighted by Crippen LogP contribution is 2.22. The van der Waals surface area contributed by atoms with Crippen LogP contribution in [0.3, 0.4) is 0 Å². The Hall–Kier alpha value is -0.580. The molecule has 0 aliphatic heterocycles. The van der Waals surface area contributed by atoms with E-state index in [1.54, 1.807) is 7.11 Å². The normalized spacial score (nSPS) is 11.0. The Morgan fingerprint density at radius 1 is 1.26 bits per heavy atom. The van der Waals surface area contributed by atoms with E-state index in [0.717, 1.165) is 42.9 Å². The van der Waals surface area contributed by atoms with Crippen LogP contribution in [0.2, 0.25) is 0 Å². The van der Waals surface area contributed by atoms with E-state index in [1.165, 1.54) is 5.56 Å². The summed E-state index contributed by atoms with van der Waals surface area (Å²) in [6.07, 6.45) is 1.08. The number of halogens is 1. The number of methoxy groups -OCH3 is 1. The first-order valence-electron chi connectivity index (χ1n) is 6.74. The van der Waals surface area contributed by atoms with Crippen molar-refractivity contribution in [3.05, 3.63) is 28.2 Å². The van der Waals surface area contributed by atoms with Gasteiger partial charge in [0.25, 0.3) is 0 Å². The molecule has 0 spiro atoms. The first-order chi connectivity index (χ1) is 9.13. The molecule has 0 bridgehead atoms. The lowest BCUT2D eigenvalue weighted by atomic mass is 10.1. The Morgan fingerprint density at radius 3 is 2.74 bits per heavy atom. The Bertz CT molecular complexity index is 369. The molecule has 0 unspecified atom stereocenters. The van der Waals surface area contributed by atoms with E-state index >= 15 is 0 Å². The molecule has 0 radical (unpaired) electrons. The van der Waals surface area contributed by atoms with Crippen molar-refractivity contribution in [2.24, 2.45) is 5.92 Å². The molecule has 108 valence electrons. The summed E-state index contributed by atoms with van der Waals surface area (Å²) < 4.78 is 11.9. The zero-order chi connectivity index (χ0) is 14.1. The second kappa shape index (κ2) is 9.34. The minimum absolute atomic E-state index is 0.672. The molecule has 1 aromatic rings. The minimum Gasteiger partial charge on any atom is -0.494 e. The van der Waals surface area contributed by atoms with Gasteiger partial charge in [0.2, 0.25) is 0 Å². The lowest BCUT2D eigenvalue weighted by molar-refractivity contribution is 0.199. The van der Waals surface area contributed by atoms with E-state index in [-0.39, 0.29) is 0 Å². The fourth-order valence-electron chi connectivity index (χ4n) is 1.59. The number of ether oxygens (including phenoxy) is 2. The predicted molar refractivity (Wildman–Crippen MR) is 82.7 cm³/mol. The van der Waals surface area contributed by atoms with Crippen molar-refractivity contribution < 1.29 is 9.47 Å². The molecule has 1 rings (SSSR count). The highest BCUT2D eigenvalue weighted by atomic mass is 79.9. The average Bonchev–Trinajstić information content (AvgIpc) is 2.37. The van der Waals surface area contributed by atoms with Gasteiger partial charge in [-0.15, -0.1) is 0 Å². The smallest absolute Gasteiger partial charge is 0.119 e. The van der Waals surface area contributed by atoms with Gasteiger partial charge >= 0.3 is 0 Å². The fourth-order valence-corrected chi connectivity index (χ4v) is 1.97. The number of rotatable bonds is 9. The van der Waals surface area contributed by atoms with Gasteiger partial charge in [-0.1, -0.05) is 29.8 Å². The monoisotopic (exact) mass is 329 g/mol. The van der Waals surface area contributed by atoms with Crippen LogP contribution in [0.25, 0.3) is 0 Å². The van der Waals surface area contributed by atoms with Crippen LogP contribution in [0, 0.1) is 5.92 Å². The van der Waals surface area contributed by atoms with Gasteiger partial charge in [-0.3, -0.25) is 0 Å². The molecule has 0 saturated heterocycles. The van der Waals surface area contributed by atoms with Gasteiger partial charge in [-0.2, -0.15) is 0 Å². The Kier molecular flexibility index (Phi) is 8.10. The molecule has 4 heteroatoms. The van der Waals surface area contributed by atoms with Crippen LogP contribution in [0.5, 0.6) is 5.75 Å². The van der Waals surface area contributed by atoms with Crippen molar-refractivity contribution >= 4 is 15.9 Å². The summed E-state index contributed by atoms with van der Waals surface area (Å²) in [6.45, 7) is 7.57. The SMILES string of the molecule is COCCNCc1cc(OCCC(C)C)ccc1Br. The molecule has 0 atom stereocenters. The zero-order valence-corrected chi connectivity index (χ0v) is 13.6. The molecule has 0 fully saturated rings. The van der Waals surface area contributed by atoms with Gasteiger partial charge < -0.3 is 14.8 Å². The molecular weight excluding hydrogens is 306 g/mol. The summed E-state index contributed by atoms with van der Waals surface area (Å²) in [7, 11) is 1.71. The van der Waals surface area contributed by atoms with E-state index in [0.29, 0.717) is 5.92 Å². The lowest BCUT2D eigenvalue weighted by Gasteiger charge is -2.11. The summed E-state index contributed by atoms with van der Waals surface area (Å²) in [5, 5.41) is 3.33. The number of hydrogen-bond donors (Lipinski definition) is 1. The average molecular weight is 330 g/mol. The molecule has 1 N–H and O–H groups in total. The second-order valence-electron chi connectivity index (χ2n) is 4.95. The minimum atomic E-state index is 0.672. The maximum atomic E-state index is 5.77. The van der Waals surface area contributed by atoms with Crippen LogP contribution >= 0.6 is 15.9 Å². The molecule has 1 aromatic carbocycles. The van der Waals surface area contributed by atoms with E-state index < -0.39 is 0 Å². The van der Waals surface area contributed by atoms with Gasteiger partial charge in [-0.25, -0.2) is 0 Å². The number of benzene rings is 1. The Morgan fingerprint density at radius 2 is 2.05 bits per heavy atom. The van der Waals surface area contributed by atoms with Gasteiger partial charge in [0.15, 0.2) is 0 Å². The summed E-state index contributed by atoms with van der Waals surface area (Å²) in [6, 6.07) is 6.13. The maximum absolute atomic E-state index is 5.77. The Labute approximate surface area is 124 Å². The van der Waals surface area contributed by atoms with Gasteiger partial charge in [0.05, 0.1) is 13.2 Å². The van der Waals surface area contributed by atoms with E-state index in [2.05, 4.69) is 41.2 Å². The topological polar surface area (TPSA) is 30.5 Å². The van der Waals surface area contributed by atoms with Crippen molar-refractivity contribution in [2.45, 2.75) is 26.8 Å². The van der Waals surface area contributed by atoms with Crippen molar-refractivity contribution in [2.75, 3.05) is 26.9 Å². The maximum Gasteiger partial charge on any atom is 0.119 e. The molecule has 3 nitrogen and oxygen atoms in total. The molecule has 0 aliphatic carbocycles. The van der Waals surface area contributed by atoms with Crippen molar-refractivity contribution in [3.8, 4) is 5.75 Å². The fraction of sp³-hybridized carbons (Fsp3) is 0.600. The summed E-state index contributed by atoms with van der Waals surface area (Å²) in [4.78, 5) is 0. The van der Waals surface area contributed by atoms with Crippen LogP contribution in [0.1, 0.15) is 25.8 Å². The van der Waals surface area contributed by atoms with Crippen LogP contribution in [0.4, 0.5) is 0 Å². The van der Waals surface area contributed by atoms with Gasteiger partial charge in [0.1, 0.15) is 5.75 Å². The quantitative estimate of drug-likeness (QED) is 0.702. The highest BCUT2D eigenvalue weighted by Gasteiger charge is 2.03. The van der Waals surface area contributed by atoms with E-state index in [1.807, 2.05) is 12.1 Å². The molecule has 19 heavy (non-hydrogen) atoms. The molecule has 0 aliphatic rings. The number of nitrogens with one attached hydrogen (secondary N) is 1. The summed E-state index contributed by atoms with van der Waals surface area (Å²) in [5.74, 6) is 1.61. The third kappa shape index (κ3) is 6.95. The first-order valence-corrected chi connectivity index (χ1v) is 7.53. The van der Waals surface area contributed by atoms with Gasteiger partial charge in [-0.05, 0) is 36.1 Å². The first kappa shape index (κ1) is 16.5. The molecular formula is C15H24BrNO2. The van der Waals surface area contributed by atoms with Crippen molar-refractivity contribution in [3.63, 3.8) is 0 Å². The highest BCUT2D eigenvalue weighted by molar-refractivity contribution is 9.10. The summed E-state index contributed by atoms with van der Waals surface area (Å²) in [5.41, 5.74) is 1.21. The number of hydrogen-bond acceptors (Lipinski definition) is 3.